The number of nitrogens with two attached hydrogens (primary N) is 1. The number of nitrogens with zero attached hydrogens (tertiary/aromatic N) is 1. The Balaban J connectivity index is 1.88. The SMILES string of the molecule is COC(=O)C1(N)CCCC1CCN1CCOC(C)(C)C1. The van der Waals surface area contributed by atoms with Crippen LogP contribution in [0.25, 0.3) is 0 Å². The van der Waals surface area contributed by atoms with Crippen LogP contribution < -0.4 is 5.73 Å². The Morgan fingerprint density at radius 3 is 2.90 bits per heavy atom. The Morgan fingerprint density at radius 2 is 2.25 bits per heavy atom. The van der Waals surface area contributed by atoms with E-state index in [-0.39, 0.29) is 17.5 Å². The Kier molecular flexibility index (Phi) is 4.72. The Bertz CT molecular complexity index is 359. The lowest BCUT2D eigenvalue weighted by Crippen LogP contribution is -2.53. The molecule has 0 aromatic carbocycles. The minimum Gasteiger partial charge on any atom is -0.468 e. The second kappa shape index (κ2) is 6.00. The highest BCUT2D eigenvalue weighted by Gasteiger charge is 2.46. The molecule has 0 spiro atoms. The molecule has 0 aromatic heterocycles. The van der Waals surface area contributed by atoms with Gasteiger partial charge in [0.05, 0.1) is 19.3 Å². The second-order valence-electron chi connectivity index (χ2n) is 6.79. The molecule has 0 amide bonds. The number of hydrogen-bond donors (Lipinski definition) is 1. The molecule has 20 heavy (non-hydrogen) atoms. The summed E-state index contributed by atoms with van der Waals surface area (Å²) in [6, 6.07) is 0. The van der Waals surface area contributed by atoms with Gasteiger partial charge in [0.25, 0.3) is 0 Å². The monoisotopic (exact) mass is 284 g/mol. The highest BCUT2D eigenvalue weighted by Crippen LogP contribution is 2.37. The average molecular weight is 284 g/mol. The summed E-state index contributed by atoms with van der Waals surface area (Å²) >= 11 is 0. The van der Waals surface area contributed by atoms with Gasteiger partial charge < -0.3 is 15.2 Å². The van der Waals surface area contributed by atoms with Crippen molar-refractivity contribution in [1.29, 1.82) is 0 Å². The van der Waals surface area contributed by atoms with Gasteiger partial charge >= 0.3 is 5.97 Å². The number of ether oxygens (including phenoxy) is 2. The molecule has 1 aliphatic heterocycles. The van der Waals surface area contributed by atoms with Gasteiger partial charge in [-0.2, -0.15) is 0 Å². The summed E-state index contributed by atoms with van der Waals surface area (Å²) in [7, 11) is 1.43. The smallest absolute Gasteiger partial charge is 0.326 e. The van der Waals surface area contributed by atoms with Crippen molar-refractivity contribution in [3.63, 3.8) is 0 Å². The molecule has 1 saturated heterocycles. The van der Waals surface area contributed by atoms with Crippen molar-refractivity contribution in [2.45, 2.75) is 50.7 Å². The zero-order chi connectivity index (χ0) is 14.8. The van der Waals surface area contributed by atoms with Crippen molar-refractivity contribution in [2.24, 2.45) is 11.7 Å². The van der Waals surface area contributed by atoms with E-state index in [2.05, 4.69) is 18.7 Å². The average Bonchev–Trinajstić information content (AvgIpc) is 2.77. The van der Waals surface area contributed by atoms with Gasteiger partial charge in [0.15, 0.2) is 0 Å². The lowest BCUT2D eigenvalue weighted by atomic mass is 9.85. The van der Waals surface area contributed by atoms with Crippen molar-refractivity contribution in [1.82, 2.24) is 4.90 Å². The number of carbonyl (C=O) groups is 1. The predicted octanol–water partition coefficient (Wildman–Crippen LogP) is 1.16. The van der Waals surface area contributed by atoms with Gasteiger partial charge in [0.1, 0.15) is 5.54 Å². The first-order chi connectivity index (χ1) is 9.37. The molecule has 1 saturated carbocycles. The number of hydrogen-bond acceptors (Lipinski definition) is 5. The van der Waals surface area contributed by atoms with Crippen molar-refractivity contribution >= 4 is 5.97 Å². The maximum atomic E-state index is 11.9. The summed E-state index contributed by atoms with van der Waals surface area (Å²) in [5.74, 6) is -0.0109. The van der Waals surface area contributed by atoms with Crippen LogP contribution in [0, 0.1) is 5.92 Å². The largest absolute Gasteiger partial charge is 0.468 e. The first-order valence-corrected chi connectivity index (χ1v) is 7.61. The summed E-state index contributed by atoms with van der Waals surface area (Å²) in [5.41, 5.74) is 5.47. The quantitative estimate of drug-likeness (QED) is 0.785. The molecule has 2 atom stereocenters. The molecule has 0 radical (unpaired) electrons. The molecule has 2 fully saturated rings. The predicted molar refractivity (Wildman–Crippen MR) is 77.4 cm³/mol. The van der Waals surface area contributed by atoms with E-state index in [4.69, 9.17) is 15.2 Å². The normalized spacial score (nSPS) is 34.1. The van der Waals surface area contributed by atoms with E-state index in [1.165, 1.54) is 7.11 Å². The Labute approximate surface area is 121 Å². The van der Waals surface area contributed by atoms with Crippen LogP contribution in [0.15, 0.2) is 0 Å². The van der Waals surface area contributed by atoms with Crippen molar-refractivity contribution in [3.05, 3.63) is 0 Å². The molecule has 1 aliphatic carbocycles. The van der Waals surface area contributed by atoms with Crippen LogP contribution >= 0.6 is 0 Å². The van der Waals surface area contributed by atoms with Crippen LogP contribution in [0.5, 0.6) is 0 Å². The number of morpholine rings is 1. The highest BCUT2D eigenvalue weighted by molar-refractivity contribution is 5.81. The van der Waals surface area contributed by atoms with Gasteiger partial charge in [0, 0.05) is 13.1 Å². The number of rotatable bonds is 4. The minimum atomic E-state index is -0.767. The molecule has 5 nitrogen and oxygen atoms in total. The molecule has 0 aromatic rings. The van der Waals surface area contributed by atoms with E-state index in [0.29, 0.717) is 0 Å². The third kappa shape index (κ3) is 3.32. The molecule has 2 rings (SSSR count). The van der Waals surface area contributed by atoms with E-state index >= 15 is 0 Å². The second-order valence-corrected chi connectivity index (χ2v) is 6.79. The van der Waals surface area contributed by atoms with Crippen molar-refractivity contribution < 1.29 is 14.3 Å². The molecular weight excluding hydrogens is 256 g/mol. The van der Waals surface area contributed by atoms with E-state index in [1.54, 1.807) is 0 Å². The van der Waals surface area contributed by atoms with Crippen LogP contribution in [0.4, 0.5) is 0 Å². The summed E-state index contributed by atoms with van der Waals surface area (Å²) in [6.07, 6.45) is 3.75. The summed E-state index contributed by atoms with van der Waals surface area (Å²) in [5, 5.41) is 0. The highest BCUT2D eigenvalue weighted by atomic mass is 16.5. The molecular formula is C15H28N2O3. The standard InChI is InChI=1S/C15H28N2O3/c1-14(2)11-17(9-10-20-14)8-6-12-5-4-7-15(12,16)13(18)19-3/h12H,4-11,16H2,1-3H3. The van der Waals surface area contributed by atoms with Crippen LogP contribution in [0.3, 0.4) is 0 Å². The maximum absolute atomic E-state index is 11.9. The Morgan fingerprint density at radius 1 is 1.50 bits per heavy atom. The van der Waals surface area contributed by atoms with Gasteiger partial charge in [-0.05, 0) is 45.6 Å². The summed E-state index contributed by atoms with van der Waals surface area (Å²) in [6.45, 7) is 7.91. The number of methoxy groups -OCH3 is 1. The van der Waals surface area contributed by atoms with Crippen LogP contribution in [-0.2, 0) is 14.3 Å². The van der Waals surface area contributed by atoms with Gasteiger partial charge in [-0.15, -0.1) is 0 Å². The molecule has 2 aliphatic rings. The van der Waals surface area contributed by atoms with Crippen LogP contribution in [0.2, 0.25) is 0 Å². The van der Waals surface area contributed by atoms with Gasteiger partial charge in [-0.3, -0.25) is 9.69 Å². The molecule has 5 heteroatoms. The van der Waals surface area contributed by atoms with E-state index < -0.39 is 5.54 Å². The molecule has 2 N–H and O–H groups in total. The van der Waals surface area contributed by atoms with Crippen LogP contribution in [0.1, 0.15) is 39.5 Å². The van der Waals surface area contributed by atoms with E-state index in [1.807, 2.05) is 0 Å². The topological polar surface area (TPSA) is 64.8 Å². The molecule has 1 heterocycles. The first-order valence-electron chi connectivity index (χ1n) is 7.61. The van der Waals surface area contributed by atoms with Crippen molar-refractivity contribution in [3.8, 4) is 0 Å². The molecule has 116 valence electrons. The number of esters is 1. The Hall–Kier alpha value is -0.650. The lowest BCUT2D eigenvalue weighted by Gasteiger charge is -2.39. The van der Waals surface area contributed by atoms with E-state index in [0.717, 1.165) is 51.9 Å². The minimum absolute atomic E-state index is 0.0733. The molecule has 2 unspecified atom stereocenters. The lowest BCUT2D eigenvalue weighted by molar-refractivity contribution is -0.148. The van der Waals surface area contributed by atoms with Gasteiger partial charge in [-0.1, -0.05) is 6.42 Å². The summed E-state index contributed by atoms with van der Waals surface area (Å²) in [4.78, 5) is 14.3. The maximum Gasteiger partial charge on any atom is 0.326 e. The third-order valence-electron chi connectivity index (χ3n) is 4.74. The zero-order valence-electron chi connectivity index (χ0n) is 13.0. The van der Waals surface area contributed by atoms with Crippen LogP contribution in [-0.4, -0.2) is 55.4 Å². The van der Waals surface area contributed by atoms with Gasteiger partial charge in [-0.25, -0.2) is 0 Å². The van der Waals surface area contributed by atoms with Crippen molar-refractivity contribution in [2.75, 3.05) is 33.4 Å². The summed E-state index contributed by atoms with van der Waals surface area (Å²) < 4.78 is 10.6. The fourth-order valence-electron chi connectivity index (χ4n) is 3.61. The van der Waals surface area contributed by atoms with Gasteiger partial charge in [0.2, 0.25) is 0 Å². The fraction of sp³-hybridized carbons (Fsp3) is 0.933. The van der Waals surface area contributed by atoms with E-state index in [9.17, 15) is 4.79 Å². The fourth-order valence-corrected chi connectivity index (χ4v) is 3.61. The first kappa shape index (κ1) is 15.7. The number of carbonyl (C=O) groups excluding carboxylic acids is 1. The zero-order valence-corrected chi connectivity index (χ0v) is 13.0. The third-order valence-corrected chi connectivity index (χ3v) is 4.74. The molecule has 0 bridgehead atoms.